The first kappa shape index (κ1) is 11.9. The number of nitrogens with zero attached hydrogens (tertiary/aromatic N) is 1. The lowest BCUT2D eigenvalue weighted by molar-refractivity contribution is -0.130. The predicted octanol–water partition coefficient (Wildman–Crippen LogP) is 2.09. The van der Waals surface area contributed by atoms with Crippen molar-refractivity contribution < 1.29 is 9.53 Å². The Morgan fingerprint density at radius 3 is 2.95 bits per heavy atom. The highest BCUT2D eigenvalue weighted by atomic mass is 16.5. The molecule has 3 aliphatic carbocycles. The zero-order valence-electron chi connectivity index (χ0n) is 11.3. The molecule has 1 saturated heterocycles. The fourth-order valence-electron chi connectivity index (χ4n) is 4.93. The van der Waals surface area contributed by atoms with Crippen LogP contribution in [0.25, 0.3) is 0 Å². The zero-order chi connectivity index (χ0) is 12.8. The van der Waals surface area contributed by atoms with E-state index in [1.165, 1.54) is 31.4 Å². The molecule has 3 saturated carbocycles. The Balaban J connectivity index is 1.40. The third kappa shape index (κ3) is 1.92. The zero-order valence-corrected chi connectivity index (χ0v) is 11.3. The minimum Gasteiger partial charge on any atom is -0.368 e. The number of carbonyl (C=O) groups is 1. The maximum atomic E-state index is 11.9. The van der Waals surface area contributed by atoms with E-state index >= 15 is 0 Å². The van der Waals surface area contributed by atoms with E-state index < -0.39 is 0 Å². The molecule has 19 heavy (non-hydrogen) atoms. The van der Waals surface area contributed by atoms with Gasteiger partial charge < -0.3 is 4.74 Å². The van der Waals surface area contributed by atoms with Crippen LogP contribution in [0.1, 0.15) is 44.9 Å². The van der Waals surface area contributed by atoms with Crippen molar-refractivity contribution in [3.63, 3.8) is 0 Å². The Hall–Kier alpha value is -0.900. The van der Waals surface area contributed by atoms with Gasteiger partial charge in [0.1, 0.15) is 6.10 Å². The van der Waals surface area contributed by atoms with E-state index in [2.05, 4.69) is 10.5 Å². The second kappa shape index (κ2) is 4.58. The molecule has 1 heterocycles. The largest absolute Gasteiger partial charge is 0.368 e. The molecule has 0 unspecified atom stereocenters. The summed E-state index contributed by atoms with van der Waals surface area (Å²) in [6.07, 6.45) is 8.23. The van der Waals surface area contributed by atoms with Gasteiger partial charge in [0.05, 0.1) is 0 Å². The Kier molecular flexibility index (Phi) is 2.87. The molecule has 4 heteroatoms. The molecule has 5 atom stereocenters. The van der Waals surface area contributed by atoms with Crippen LogP contribution >= 0.6 is 0 Å². The molecule has 2 bridgehead atoms. The molecule has 1 amide bonds. The molecule has 4 nitrogen and oxygen atoms in total. The number of rotatable bonds is 2. The van der Waals surface area contributed by atoms with Crippen LogP contribution in [0.15, 0.2) is 5.10 Å². The number of nitrogens with one attached hydrogen (secondary N) is 1. The number of hydrogen-bond acceptors (Lipinski definition) is 3. The monoisotopic (exact) mass is 262 g/mol. The van der Waals surface area contributed by atoms with Gasteiger partial charge in [-0.3, -0.25) is 4.79 Å². The summed E-state index contributed by atoms with van der Waals surface area (Å²) in [7, 11) is 0. The summed E-state index contributed by atoms with van der Waals surface area (Å²) in [5, 5.41) is 4.45. The van der Waals surface area contributed by atoms with Crippen LogP contribution < -0.4 is 5.43 Å². The first-order valence-corrected chi connectivity index (χ1v) is 7.81. The van der Waals surface area contributed by atoms with Crippen molar-refractivity contribution in [3.05, 3.63) is 0 Å². The van der Waals surface area contributed by atoms with Crippen LogP contribution in [0, 0.1) is 23.7 Å². The first-order valence-electron chi connectivity index (χ1n) is 7.81. The minimum atomic E-state index is -0.262. The minimum absolute atomic E-state index is 0.0456. The Morgan fingerprint density at radius 2 is 2.11 bits per heavy atom. The SMILES string of the molecule is O=C(NN=C1C[C@H]2C[C@H]1[C@@H]1CCC[C@H]21)[C@@H]1CCCO1. The summed E-state index contributed by atoms with van der Waals surface area (Å²) in [5.74, 6) is 3.32. The van der Waals surface area contributed by atoms with Crippen LogP contribution in [-0.2, 0) is 9.53 Å². The average Bonchev–Trinajstić information content (AvgIpc) is 3.15. The Labute approximate surface area is 114 Å². The molecule has 0 radical (unpaired) electrons. The van der Waals surface area contributed by atoms with Crippen molar-refractivity contribution in [2.75, 3.05) is 6.61 Å². The van der Waals surface area contributed by atoms with Crippen molar-refractivity contribution >= 4 is 11.6 Å². The molecule has 0 aromatic heterocycles. The quantitative estimate of drug-likeness (QED) is 0.775. The van der Waals surface area contributed by atoms with Gasteiger partial charge in [0.25, 0.3) is 5.91 Å². The van der Waals surface area contributed by atoms with Gasteiger partial charge in [-0.1, -0.05) is 6.42 Å². The average molecular weight is 262 g/mol. The second-order valence-electron chi connectivity index (χ2n) is 6.65. The maximum absolute atomic E-state index is 11.9. The van der Waals surface area contributed by atoms with E-state index in [-0.39, 0.29) is 12.0 Å². The Bertz CT molecular complexity index is 414. The van der Waals surface area contributed by atoms with E-state index in [0.29, 0.717) is 12.5 Å². The van der Waals surface area contributed by atoms with Gasteiger partial charge >= 0.3 is 0 Å². The van der Waals surface area contributed by atoms with Crippen LogP contribution in [0.4, 0.5) is 0 Å². The van der Waals surface area contributed by atoms with E-state index in [9.17, 15) is 4.79 Å². The lowest BCUT2D eigenvalue weighted by Crippen LogP contribution is -2.33. The van der Waals surface area contributed by atoms with Crippen molar-refractivity contribution in [3.8, 4) is 0 Å². The number of carbonyl (C=O) groups excluding carboxylic acids is 1. The highest BCUT2D eigenvalue weighted by Gasteiger charge is 2.52. The fourth-order valence-corrected chi connectivity index (χ4v) is 4.93. The highest BCUT2D eigenvalue weighted by molar-refractivity contribution is 5.92. The topological polar surface area (TPSA) is 50.7 Å². The van der Waals surface area contributed by atoms with Gasteiger partial charge in [-0.15, -0.1) is 0 Å². The molecule has 1 N–H and O–H groups in total. The highest BCUT2D eigenvalue weighted by Crippen LogP contribution is 2.57. The summed E-state index contributed by atoms with van der Waals surface area (Å²) in [4.78, 5) is 11.9. The summed E-state index contributed by atoms with van der Waals surface area (Å²) in [5.41, 5.74) is 4.02. The van der Waals surface area contributed by atoms with Gasteiger partial charge in [-0.25, -0.2) is 5.43 Å². The summed E-state index contributed by atoms with van der Waals surface area (Å²) in [6.45, 7) is 0.711. The molecule has 0 spiro atoms. The van der Waals surface area contributed by atoms with Crippen LogP contribution in [0.3, 0.4) is 0 Å². The first-order chi connectivity index (χ1) is 9.33. The van der Waals surface area contributed by atoms with E-state index in [0.717, 1.165) is 37.0 Å². The molecular weight excluding hydrogens is 240 g/mol. The normalized spacial score (nSPS) is 45.9. The molecule has 104 valence electrons. The van der Waals surface area contributed by atoms with Crippen LogP contribution in [-0.4, -0.2) is 24.3 Å². The summed E-state index contributed by atoms with van der Waals surface area (Å²) in [6, 6.07) is 0. The van der Waals surface area contributed by atoms with Gasteiger partial charge in [-0.05, 0) is 56.3 Å². The number of amides is 1. The van der Waals surface area contributed by atoms with E-state index in [1.54, 1.807) is 0 Å². The summed E-state index contributed by atoms with van der Waals surface area (Å²) < 4.78 is 5.38. The maximum Gasteiger partial charge on any atom is 0.269 e. The standard InChI is InChI=1S/C15H22N2O2/c18-15(14-5-2-6-19-14)17-16-13-8-9-7-12(13)11-4-1-3-10(9)11/h9-12,14H,1-8H2,(H,17,18)/t9-,10-,11-,12+,14+/m1/s1. The van der Waals surface area contributed by atoms with Crippen molar-refractivity contribution in [1.82, 2.24) is 5.43 Å². The molecule has 4 aliphatic rings. The molecule has 0 aromatic carbocycles. The number of hydrogen-bond donors (Lipinski definition) is 1. The lowest BCUT2D eigenvalue weighted by atomic mass is 9.81. The van der Waals surface area contributed by atoms with E-state index in [4.69, 9.17) is 4.74 Å². The Morgan fingerprint density at radius 1 is 1.21 bits per heavy atom. The number of ether oxygens (including phenoxy) is 1. The van der Waals surface area contributed by atoms with Crippen LogP contribution in [0.2, 0.25) is 0 Å². The van der Waals surface area contributed by atoms with Gasteiger partial charge in [0.2, 0.25) is 0 Å². The molecule has 1 aliphatic heterocycles. The van der Waals surface area contributed by atoms with Crippen molar-refractivity contribution in [2.24, 2.45) is 28.8 Å². The molecular formula is C15H22N2O2. The van der Waals surface area contributed by atoms with Crippen LogP contribution in [0.5, 0.6) is 0 Å². The number of fused-ring (bicyclic) bond motifs is 5. The third-order valence-electron chi connectivity index (χ3n) is 5.74. The summed E-state index contributed by atoms with van der Waals surface area (Å²) >= 11 is 0. The third-order valence-corrected chi connectivity index (χ3v) is 5.74. The lowest BCUT2D eigenvalue weighted by Gasteiger charge is -2.25. The molecule has 0 aromatic rings. The van der Waals surface area contributed by atoms with Crippen molar-refractivity contribution in [1.29, 1.82) is 0 Å². The molecule has 4 fully saturated rings. The van der Waals surface area contributed by atoms with Gasteiger partial charge in [0, 0.05) is 18.2 Å². The molecule has 4 rings (SSSR count). The van der Waals surface area contributed by atoms with Gasteiger partial charge in [-0.2, -0.15) is 5.10 Å². The predicted molar refractivity (Wildman–Crippen MR) is 71.6 cm³/mol. The smallest absolute Gasteiger partial charge is 0.269 e. The second-order valence-corrected chi connectivity index (χ2v) is 6.65. The van der Waals surface area contributed by atoms with E-state index in [1.807, 2.05) is 0 Å². The number of hydrazone groups is 1. The van der Waals surface area contributed by atoms with Crippen molar-refractivity contribution in [2.45, 2.75) is 51.0 Å². The fraction of sp³-hybridized carbons (Fsp3) is 0.867. The van der Waals surface area contributed by atoms with Gasteiger partial charge in [0.15, 0.2) is 0 Å².